The number of ether oxygens (including phenoxy) is 2. The lowest BCUT2D eigenvalue weighted by Gasteiger charge is -2.42. The minimum atomic E-state index is -1.49. The first kappa shape index (κ1) is 56.7. The number of aliphatic hydroxyl groups excluding tert-OH is 5. The van der Waals surface area contributed by atoms with Crippen LogP contribution in [0.3, 0.4) is 0 Å². The topological polar surface area (TPSA) is 178 Å². The van der Waals surface area contributed by atoms with Crippen molar-refractivity contribution in [2.45, 2.75) is 282 Å². The van der Waals surface area contributed by atoms with Gasteiger partial charge in [-0.05, 0) is 18.8 Å². The van der Waals surface area contributed by atoms with Crippen LogP contribution < -0.4 is 10.6 Å². The highest BCUT2D eigenvalue weighted by atomic mass is 16.7. The lowest BCUT2D eigenvalue weighted by Crippen LogP contribution is -2.65. The summed E-state index contributed by atoms with van der Waals surface area (Å²) in [5.74, 6) is 0.0449. The molecule has 8 unspecified atom stereocenters. The molecule has 1 saturated heterocycles. The third kappa shape index (κ3) is 29.1. The molecule has 1 heterocycles. The monoisotopic (exact) mass is 857 g/mol. The number of hydrogen-bond donors (Lipinski definition) is 7. The quantitative estimate of drug-likeness (QED) is 0.0295. The Kier molecular flexibility index (Phi) is 36.0. The van der Waals surface area contributed by atoms with Gasteiger partial charge in [-0.25, -0.2) is 0 Å². The summed E-state index contributed by atoms with van der Waals surface area (Å²) in [5.41, 5.74) is 0. The van der Waals surface area contributed by atoms with Crippen molar-refractivity contribution in [1.29, 1.82) is 0 Å². The molecule has 0 aromatic carbocycles. The van der Waals surface area contributed by atoms with Crippen molar-refractivity contribution in [1.82, 2.24) is 10.6 Å². The number of carbonyl (C=O) groups is 2. The molecule has 2 amide bonds. The summed E-state index contributed by atoms with van der Waals surface area (Å²) in [7, 11) is 0. The Balaban J connectivity index is 2.47. The molecular formula is C49H96N2O9. The van der Waals surface area contributed by atoms with E-state index < -0.39 is 61.4 Å². The minimum Gasteiger partial charge on any atom is -0.394 e. The fourth-order valence-electron chi connectivity index (χ4n) is 8.44. The molecule has 1 fully saturated rings. The van der Waals surface area contributed by atoms with Gasteiger partial charge < -0.3 is 45.6 Å². The molecule has 0 radical (unpaired) electrons. The van der Waals surface area contributed by atoms with E-state index >= 15 is 0 Å². The minimum absolute atomic E-state index is 0.256. The van der Waals surface area contributed by atoms with Crippen LogP contribution in [0, 0.1) is 5.92 Å². The van der Waals surface area contributed by atoms with E-state index in [0.29, 0.717) is 12.8 Å². The fraction of sp³-hybridized carbons (Fsp3) is 0.959. The van der Waals surface area contributed by atoms with Crippen LogP contribution in [0.15, 0.2) is 0 Å². The summed E-state index contributed by atoms with van der Waals surface area (Å²) in [4.78, 5) is 25.1. The van der Waals surface area contributed by atoms with Crippen molar-refractivity contribution in [3.63, 3.8) is 0 Å². The van der Waals surface area contributed by atoms with E-state index in [1.165, 1.54) is 148 Å². The maximum Gasteiger partial charge on any atom is 0.220 e. The zero-order valence-corrected chi connectivity index (χ0v) is 39.1. The molecule has 0 aromatic heterocycles. The van der Waals surface area contributed by atoms with Crippen molar-refractivity contribution >= 4 is 11.8 Å². The van der Waals surface area contributed by atoms with Crippen LogP contribution in [0.4, 0.5) is 0 Å². The first-order valence-corrected chi connectivity index (χ1v) is 25.2. The molecule has 7 N–H and O–H groups in total. The van der Waals surface area contributed by atoms with Crippen molar-refractivity contribution in [3.05, 3.63) is 0 Å². The number of nitrogens with one attached hydrogen (secondary N) is 2. The molecule has 1 aliphatic rings. The van der Waals surface area contributed by atoms with Crippen LogP contribution in [0.1, 0.15) is 233 Å². The van der Waals surface area contributed by atoms with Gasteiger partial charge in [-0.1, -0.05) is 207 Å². The number of aliphatic hydroxyl groups is 5. The molecule has 8 atom stereocenters. The largest absolute Gasteiger partial charge is 0.394 e. The first-order chi connectivity index (χ1) is 29.0. The summed E-state index contributed by atoms with van der Waals surface area (Å²) < 4.78 is 11.6. The second-order valence-electron chi connectivity index (χ2n) is 18.6. The Morgan fingerprint density at radius 1 is 0.617 bits per heavy atom. The van der Waals surface area contributed by atoms with Gasteiger partial charge in [0.05, 0.1) is 25.4 Å². The molecule has 0 spiro atoms. The lowest BCUT2D eigenvalue weighted by molar-refractivity contribution is -0.272. The van der Waals surface area contributed by atoms with Crippen LogP contribution in [0.5, 0.6) is 0 Å². The SMILES string of the molecule is CCCCCCCCCCCCCCCCCCCCCC(=O)NC(COC1OC(CO)C(O)C(O)C1NC(C)=O)C(O)C(O)CCCCCCCCCCCCC(C)C. The Bertz CT molecular complexity index is 1000. The van der Waals surface area contributed by atoms with Gasteiger partial charge in [0.1, 0.15) is 30.5 Å². The maximum absolute atomic E-state index is 13.1. The Labute approximate surface area is 367 Å². The zero-order chi connectivity index (χ0) is 44.2. The van der Waals surface area contributed by atoms with Crippen LogP contribution in [-0.4, -0.2) is 99.5 Å². The molecule has 0 saturated carbocycles. The second-order valence-corrected chi connectivity index (χ2v) is 18.6. The molecule has 60 heavy (non-hydrogen) atoms. The Morgan fingerprint density at radius 2 is 1.03 bits per heavy atom. The van der Waals surface area contributed by atoms with Gasteiger partial charge in [0.15, 0.2) is 6.29 Å². The van der Waals surface area contributed by atoms with Gasteiger partial charge in [-0.15, -0.1) is 0 Å². The van der Waals surface area contributed by atoms with E-state index in [-0.39, 0.29) is 18.9 Å². The molecule has 356 valence electrons. The highest BCUT2D eigenvalue weighted by Crippen LogP contribution is 2.24. The summed E-state index contributed by atoms with van der Waals surface area (Å²) in [6, 6.07) is -2.15. The summed E-state index contributed by atoms with van der Waals surface area (Å²) in [6.45, 7) is 7.21. The van der Waals surface area contributed by atoms with Crippen molar-refractivity contribution in [2.24, 2.45) is 5.92 Å². The standard InChI is InChI=1S/C49H96N2O9/c1-5-6-7-8-9-10-11-12-13-14-15-16-17-18-19-24-27-30-33-36-44(55)51-41(38-59-49-45(50-40(4)53)48(58)47(57)43(37-52)60-49)46(56)42(54)35-32-29-26-23-21-20-22-25-28-31-34-39(2)3/h39,41-43,45-49,52,54,56-58H,5-38H2,1-4H3,(H,50,53)(H,51,55). The molecular weight excluding hydrogens is 761 g/mol. The van der Waals surface area contributed by atoms with Crippen LogP contribution in [-0.2, 0) is 19.1 Å². The molecule has 0 aliphatic carbocycles. The number of hydrogen-bond acceptors (Lipinski definition) is 9. The predicted octanol–water partition coefficient (Wildman–Crippen LogP) is 9.31. The van der Waals surface area contributed by atoms with Crippen molar-refractivity contribution < 1.29 is 44.6 Å². The Morgan fingerprint density at radius 3 is 1.45 bits per heavy atom. The van der Waals surface area contributed by atoms with Crippen molar-refractivity contribution in [3.8, 4) is 0 Å². The van der Waals surface area contributed by atoms with E-state index in [2.05, 4.69) is 31.4 Å². The van der Waals surface area contributed by atoms with Crippen molar-refractivity contribution in [2.75, 3.05) is 13.2 Å². The lowest BCUT2D eigenvalue weighted by atomic mass is 9.96. The molecule has 11 nitrogen and oxygen atoms in total. The van der Waals surface area contributed by atoms with Crippen LogP contribution in [0.25, 0.3) is 0 Å². The number of rotatable bonds is 41. The van der Waals surface area contributed by atoms with E-state index in [4.69, 9.17) is 9.47 Å². The van der Waals surface area contributed by atoms with Gasteiger partial charge >= 0.3 is 0 Å². The van der Waals surface area contributed by atoms with E-state index in [9.17, 15) is 35.1 Å². The number of amides is 2. The van der Waals surface area contributed by atoms with Gasteiger partial charge in [-0.2, -0.15) is 0 Å². The van der Waals surface area contributed by atoms with E-state index in [0.717, 1.165) is 50.9 Å². The summed E-state index contributed by atoms with van der Waals surface area (Å²) in [6.07, 6.45) is 30.0. The smallest absolute Gasteiger partial charge is 0.220 e. The average Bonchev–Trinajstić information content (AvgIpc) is 3.22. The van der Waals surface area contributed by atoms with E-state index in [1.54, 1.807) is 0 Å². The van der Waals surface area contributed by atoms with Crippen LogP contribution >= 0.6 is 0 Å². The fourth-order valence-corrected chi connectivity index (χ4v) is 8.44. The van der Waals surface area contributed by atoms with Gasteiger partial charge in [0.25, 0.3) is 0 Å². The summed E-state index contributed by atoms with van der Waals surface area (Å²) >= 11 is 0. The predicted molar refractivity (Wildman–Crippen MR) is 244 cm³/mol. The molecule has 0 aromatic rings. The molecule has 1 rings (SSSR count). The Hall–Kier alpha value is -1.34. The first-order valence-electron chi connectivity index (χ1n) is 25.2. The zero-order valence-electron chi connectivity index (χ0n) is 39.1. The summed E-state index contributed by atoms with van der Waals surface area (Å²) in [5, 5.41) is 58.6. The second kappa shape index (κ2) is 38.1. The molecule has 1 aliphatic heterocycles. The third-order valence-electron chi connectivity index (χ3n) is 12.4. The highest BCUT2D eigenvalue weighted by molar-refractivity contribution is 5.76. The third-order valence-corrected chi connectivity index (χ3v) is 12.4. The maximum atomic E-state index is 13.1. The van der Waals surface area contributed by atoms with Gasteiger partial charge in [-0.3, -0.25) is 9.59 Å². The average molecular weight is 857 g/mol. The van der Waals surface area contributed by atoms with Gasteiger partial charge in [0, 0.05) is 13.3 Å². The van der Waals surface area contributed by atoms with Crippen LogP contribution in [0.2, 0.25) is 0 Å². The normalized spacial score (nSPS) is 20.9. The van der Waals surface area contributed by atoms with Gasteiger partial charge in [0.2, 0.25) is 11.8 Å². The highest BCUT2D eigenvalue weighted by Gasteiger charge is 2.46. The number of unbranched alkanes of at least 4 members (excludes halogenated alkanes) is 27. The van der Waals surface area contributed by atoms with E-state index in [1.807, 2.05) is 0 Å². The molecule has 0 bridgehead atoms. The molecule has 11 heteroatoms. The number of carbonyl (C=O) groups excluding carboxylic acids is 2.